The number of hydrogen-bond acceptors (Lipinski definition) is 5. The Morgan fingerprint density at radius 1 is 1.09 bits per heavy atom. The summed E-state index contributed by atoms with van der Waals surface area (Å²) in [6, 6.07) is 11.0. The smallest absolute Gasteiger partial charge is 0.338 e. The highest BCUT2D eigenvalue weighted by atomic mass is 79.9. The van der Waals surface area contributed by atoms with Crippen molar-refractivity contribution >= 4 is 62.6 Å². The van der Waals surface area contributed by atoms with Crippen LogP contribution in [0, 0.1) is 17.8 Å². The number of esters is 1. The molecule has 2 fully saturated rings. The fourth-order valence-electron chi connectivity index (χ4n) is 4.38. The van der Waals surface area contributed by atoms with E-state index in [1.54, 1.807) is 30.3 Å². The summed E-state index contributed by atoms with van der Waals surface area (Å²) in [5.41, 5.74) is 1.05. The van der Waals surface area contributed by atoms with Crippen molar-refractivity contribution in [3.8, 4) is 0 Å². The number of hydrogen-bond donors (Lipinski definition) is 1. The molecule has 1 saturated heterocycles. The first kappa shape index (κ1) is 23.4. The molecule has 0 unspecified atom stereocenters. The van der Waals surface area contributed by atoms with Gasteiger partial charge in [0.05, 0.1) is 33.8 Å². The van der Waals surface area contributed by atoms with Crippen LogP contribution in [-0.2, 0) is 19.1 Å². The van der Waals surface area contributed by atoms with Gasteiger partial charge in [0, 0.05) is 4.47 Å². The molecule has 2 aromatic carbocycles. The Hall–Kier alpha value is -2.71. The summed E-state index contributed by atoms with van der Waals surface area (Å²) in [6.45, 7) is 1.61. The molecule has 1 heterocycles. The van der Waals surface area contributed by atoms with Crippen molar-refractivity contribution in [2.75, 3.05) is 16.8 Å². The monoisotopic (exact) mass is 532 g/mol. The minimum absolute atomic E-state index is 0.171. The molecule has 0 spiro atoms. The predicted molar refractivity (Wildman–Crippen MR) is 127 cm³/mol. The average molecular weight is 534 g/mol. The van der Waals surface area contributed by atoms with Gasteiger partial charge in [-0.05, 0) is 67.6 Å². The molecular formula is C24H22BrClN2O5. The number of amides is 3. The molecule has 9 heteroatoms. The lowest BCUT2D eigenvalue weighted by atomic mass is 9.76. The molecule has 172 valence electrons. The van der Waals surface area contributed by atoms with Crippen molar-refractivity contribution < 1.29 is 23.9 Å². The van der Waals surface area contributed by atoms with Crippen molar-refractivity contribution in [1.82, 2.24) is 0 Å². The number of nitrogens with one attached hydrogen (secondary N) is 1. The molecule has 33 heavy (non-hydrogen) atoms. The minimum atomic E-state index is -0.694. The first-order valence-corrected chi connectivity index (χ1v) is 11.8. The van der Waals surface area contributed by atoms with Crippen molar-refractivity contribution in [2.45, 2.75) is 26.2 Å². The van der Waals surface area contributed by atoms with E-state index in [0.717, 1.165) is 23.7 Å². The van der Waals surface area contributed by atoms with Gasteiger partial charge in [-0.2, -0.15) is 0 Å². The van der Waals surface area contributed by atoms with Crippen LogP contribution in [0.4, 0.5) is 11.4 Å². The van der Waals surface area contributed by atoms with E-state index in [-0.39, 0.29) is 29.2 Å². The van der Waals surface area contributed by atoms with Gasteiger partial charge in [0.25, 0.3) is 5.91 Å². The number of ether oxygens (including phenoxy) is 1. The fourth-order valence-corrected chi connectivity index (χ4v) is 5.10. The van der Waals surface area contributed by atoms with E-state index in [9.17, 15) is 19.2 Å². The summed E-state index contributed by atoms with van der Waals surface area (Å²) >= 11 is 9.35. The maximum Gasteiger partial charge on any atom is 0.338 e. The number of halogens is 2. The topological polar surface area (TPSA) is 92.8 Å². The Kier molecular flexibility index (Phi) is 6.86. The number of nitrogens with zero attached hydrogens (tertiary/aromatic N) is 1. The zero-order valence-corrected chi connectivity index (χ0v) is 20.2. The quantitative estimate of drug-likeness (QED) is 0.439. The number of imide groups is 1. The molecule has 7 nitrogen and oxygen atoms in total. The molecule has 3 amide bonds. The van der Waals surface area contributed by atoms with E-state index < -0.39 is 18.5 Å². The number of carbonyl (C=O) groups is 4. The highest BCUT2D eigenvalue weighted by Gasteiger charge is 2.49. The van der Waals surface area contributed by atoms with E-state index in [4.69, 9.17) is 16.3 Å². The van der Waals surface area contributed by atoms with E-state index in [0.29, 0.717) is 22.3 Å². The van der Waals surface area contributed by atoms with Crippen LogP contribution in [-0.4, -0.2) is 30.3 Å². The number of benzene rings is 2. The van der Waals surface area contributed by atoms with Gasteiger partial charge >= 0.3 is 5.97 Å². The van der Waals surface area contributed by atoms with E-state index in [1.807, 2.05) is 0 Å². The summed E-state index contributed by atoms with van der Waals surface area (Å²) in [4.78, 5) is 51.3. The lowest BCUT2D eigenvalue weighted by Crippen LogP contribution is -2.30. The molecule has 1 aliphatic carbocycles. The summed E-state index contributed by atoms with van der Waals surface area (Å²) in [7, 11) is 0. The van der Waals surface area contributed by atoms with Gasteiger partial charge in [-0.3, -0.25) is 19.3 Å². The molecule has 1 saturated carbocycles. The third-order valence-electron chi connectivity index (χ3n) is 6.09. The van der Waals surface area contributed by atoms with Crippen LogP contribution >= 0.6 is 27.5 Å². The van der Waals surface area contributed by atoms with E-state index in [2.05, 4.69) is 28.2 Å². The van der Waals surface area contributed by atoms with Crippen LogP contribution in [0.1, 0.15) is 36.5 Å². The zero-order chi connectivity index (χ0) is 23.7. The van der Waals surface area contributed by atoms with Gasteiger partial charge in [-0.25, -0.2) is 4.79 Å². The molecule has 3 atom stereocenters. The third kappa shape index (κ3) is 4.96. The number of fused-ring (bicyclic) bond motifs is 1. The first-order chi connectivity index (χ1) is 15.7. The molecule has 2 aromatic rings. The highest BCUT2D eigenvalue weighted by Crippen LogP contribution is 2.42. The fraction of sp³-hybridized carbons (Fsp3) is 0.333. The summed E-state index contributed by atoms with van der Waals surface area (Å²) in [5, 5.41) is 2.92. The van der Waals surface area contributed by atoms with Crippen LogP contribution in [0.3, 0.4) is 0 Å². The van der Waals surface area contributed by atoms with Gasteiger partial charge in [0.1, 0.15) is 0 Å². The van der Waals surface area contributed by atoms with Crippen molar-refractivity contribution in [3.05, 3.63) is 57.5 Å². The molecule has 1 N–H and O–H groups in total. The second kappa shape index (κ2) is 9.65. The highest BCUT2D eigenvalue weighted by molar-refractivity contribution is 9.10. The summed E-state index contributed by atoms with van der Waals surface area (Å²) in [5.74, 6) is -1.66. The second-order valence-corrected chi connectivity index (χ2v) is 9.76. The number of anilines is 2. The Balaban J connectivity index is 1.36. The Labute approximate surface area is 204 Å². The van der Waals surface area contributed by atoms with Crippen LogP contribution in [0.5, 0.6) is 0 Å². The van der Waals surface area contributed by atoms with Gasteiger partial charge in [-0.1, -0.05) is 34.5 Å². The average Bonchev–Trinajstić information content (AvgIpc) is 3.03. The van der Waals surface area contributed by atoms with E-state index >= 15 is 0 Å². The minimum Gasteiger partial charge on any atom is -0.452 e. The standard InChI is InChI=1S/C24H22BrClN2O5/c1-13-2-8-17-18(10-13)23(31)28(22(17)30)16-6-3-14(4-7-16)24(32)33-12-21(29)27-20-9-5-15(25)11-19(20)26/h3-7,9,11,13,17-18H,2,8,10,12H2,1H3,(H,27,29)/t13-,17+,18-/m1/s1. The van der Waals surface area contributed by atoms with Gasteiger partial charge < -0.3 is 10.1 Å². The molecule has 0 bridgehead atoms. The number of rotatable bonds is 5. The predicted octanol–water partition coefficient (Wildman–Crippen LogP) is 4.82. The maximum absolute atomic E-state index is 12.8. The summed E-state index contributed by atoms with van der Waals surface area (Å²) in [6.07, 6.45) is 2.40. The molecule has 0 radical (unpaired) electrons. The normalized spacial score (nSPS) is 22.2. The van der Waals surface area contributed by atoms with Gasteiger partial charge in [0.2, 0.25) is 11.8 Å². The zero-order valence-electron chi connectivity index (χ0n) is 17.8. The number of carbonyl (C=O) groups excluding carboxylic acids is 4. The second-order valence-electron chi connectivity index (χ2n) is 8.44. The molecule has 4 rings (SSSR count). The molecular weight excluding hydrogens is 512 g/mol. The summed E-state index contributed by atoms with van der Waals surface area (Å²) < 4.78 is 5.84. The van der Waals surface area contributed by atoms with Crippen molar-refractivity contribution in [1.29, 1.82) is 0 Å². The first-order valence-electron chi connectivity index (χ1n) is 10.6. The van der Waals surface area contributed by atoms with Crippen LogP contribution in [0.25, 0.3) is 0 Å². The molecule has 2 aliphatic rings. The van der Waals surface area contributed by atoms with Crippen LogP contribution < -0.4 is 10.2 Å². The Morgan fingerprint density at radius 3 is 2.48 bits per heavy atom. The lowest BCUT2D eigenvalue weighted by molar-refractivity contribution is -0.122. The van der Waals surface area contributed by atoms with Crippen molar-refractivity contribution in [3.63, 3.8) is 0 Å². The lowest BCUT2D eigenvalue weighted by Gasteiger charge is -2.25. The Morgan fingerprint density at radius 2 is 1.79 bits per heavy atom. The van der Waals surface area contributed by atoms with Crippen LogP contribution in [0.15, 0.2) is 46.9 Å². The van der Waals surface area contributed by atoms with Crippen molar-refractivity contribution in [2.24, 2.45) is 17.8 Å². The van der Waals surface area contributed by atoms with E-state index in [1.165, 1.54) is 17.0 Å². The van der Waals surface area contributed by atoms with Gasteiger partial charge in [0.15, 0.2) is 6.61 Å². The third-order valence-corrected chi connectivity index (χ3v) is 6.89. The molecule has 0 aromatic heterocycles. The van der Waals surface area contributed by atoms with Crippen LogP contribution in [0.2, 0.25) is 5.02 Å². The SMILES string of the molecule is C[C@@H]1CC[C@@H]2C(=O)N(c3ccc(C(=O)OCC(=O)Nc4ccc(Br)cc4Cl)cc3)C(=O)[C@@H]2C1. The Bertz CT molecular complexity index is 1120. The molecule has 1 aliphatic heterocycles. The maximum atomic E-state index is 12.8. The van der Waals surface area contributed by atoms with Gasteiger partial charge in [-0.15, -0.1) is 0 Å². The largest absolute Gasteiger partial charge is 0.452 e.